The summed E-state index contributed by atoms with van der Waals surface area (Å²) in [6.45, 7) is 11.9. The lowest BCUT2D eigenvalue weighted by Crippen LogP contribution is -2.30. The number of rotatable bonds is 7. The minimum absolute atomic E-state index is 0.0718. The lowest BCUT2D eigenvalue weighted by Gasteiger charge is -2.18. The molecular formula is C18H25N5O. The molecule has 1 amide bonds. The van der Waals surface area contributed by atoms with Crippen LogP contribution in [0.2, 0.25) is 0 Å². The Labute approximate surface area is 143 Å². The molecule has 24 heavy (non-hydrogen) atoms. The largest absolute Gasteiger partial charge is 0.365 e. The molecule has 0 bridgehead atoms. The third-order valence-electron chi connectivity index (χ3n) is 4.10. The summed E-state index contributed by atoms with van der Waals surface area (Å²) in [5.41, 5.74) is 3.29. The number of nitrogens with one attached hydrogen (secondary N) is 2. The van der Waals surface area contributed by atoms with Gasteiger partial charge in [-0.2, -0.15) is 0 Å². The van der Waals surface area contributed by atoms with E-state index in [2.05, 4.69) is 39.2 Å². The molecule has 6 heteroatoms. The highest BCUT2D eigenvalue weighted by molar-refractivity contribution is 5.98. The monoisotopic (exact) mass is 327 g/mol. The summed E-state index contributed by atoms with van der Waals surface area (Å²) in [6.07, 6.45) is 7.04. The molecule has 2 rings (SSSR count). The molecule has 6 nitrogen and oxygen atoms in total. The predicted octanol–water partition coefficient (Wildman–Crippen LogP) is 2.50. The van der Waals surface area contributed by atoms with Crippen molar-refractivity contribution in [3.05, 3.63) is 46.8 Å². The van der Waals surface area contributed by atoms with Crippen LogP contribution in [0.5, 0.6) is 0 Å². The molecule has 0 spiro atoms. The third kappa shape index (κ3) is 4.50. The molecule has 0 radical (unpaired) electrons. The van der Waals surface area contributed by atoms with Crippen molar-refractivity contribution in [1.29, 1.82) is 0 Å². The highest BCUT2D eigenvalue weighted by Gasteiger charge is 2.38. The molecule has 128 valence electrons. The van der Waals surface area contributed by atoms with Gasteiger partial charge in [-0.1, -0.05) is 5.57 Å². The SMILES string of the molecule is C=N/C(NC1(C)CC1)=C(\C)C(C(=O)NCc1cncnc1)=C(C)C. The molecular weight excluding hydrogens is 302 g/mol. The maximum absolute atomic E-state index is 12.7. The Kier molecular flexibility index (Phi) is 5.49. The van der Waals surface area contributed by atoms with Gasteiger partial charge in [0.15, 0.2) is 0 Å². The second kappa shape index (κ2) is 7.38. The number of carbonyl (C=O) groups is 1. The van der Waals surface area contributed by atoms with Crippen molar-refractivity contribution in [2.24, 2.45) is 4.99 Å². The van der Waals surface area contributed by atoms with Gasteiger partial charge < -0.3 is 10.6 Å². The summed E-state index contributed by atoms with van der Waals surface area (Å²) >= 11 is 0. The molecule has 0 aliphatic heterocycles. The quantitative estimate of drug-likeness (QED) is 0.458. The van der Waals surface area contributed by atoms with Crippen LogP contribution in [0.1, 0.15) is 46.1 Å². The van der Waals surface area contributed by atoms with Crippen LogP contribution in [0, 0.1) is 0 Å². The number of amides is 1. The second-order valence-electron chi connectivity index (χ2n) is 6.62. The van der Waals surface area contributed by atoms with Crippen LogP contribution < -0.4 is 10.6 Å². The van der Waals surface area contributed by atoms with Crippen molar-refractivity contribution < 1.29 is 4.79 Å². The van der Waals surface area contributed by atoms with Gasteiger partial charge in [0.05, 0.1) is 0 Å². The van der Waals surface area contributed by atoms with Gasteiger partial charge in [0.2, 0.25) is 0 Å². The molecule has 1 fully saturated rings. The fourth-order valence-corrected chi connectivity index (χ4v) is 2.43. The van der Waals surface area contributed by atoms with Gasteiger partial charge in [-0.25, -0.2) is 15.0 Å². The molecule has 1 heterocycles. The third-order valence-corrected chi connectivity index (χ3v) is 4.10. The number of hydrogen-bond acceptors (Lipinski definition) is 5. The highest BCUT2D eigenvalue weighted by Crippen LogP contribution is 2.36. The average molecular weight is 327 g/mol. The normalized spacial score (nSPS) is 15.8. The summed E-state index contributed by atoms with van der Waals surface area (Å²) < 4.78 is 0. The zero-order valence-electron chi connectivity index (χ0n) is 14.8. The van der Waals surface area contributed by atoms with E-state index < -0.39 is 0 Å². The molecule has 1 aromatic heterocycles. The fraction of sp³-hybridized carbons (Fsp3) is 0.444. The molecule has 0 atom stereocenters. The fourth-order valence-electron chi connectivity index (χ4n) is 2.43. The van der Waals surface area contributed by atoms with E-state index in [4.69, 9.17) is 0 Å². The first-order chi connectivity index (χ1) is 11.4. The van der Waals surface area contributed by atoms with Gasteiger partial charge in [0, 0.05) is 41.2 Å². The molecule has 1 aliphatic carbocycles. The zero-order chi connectivity index (χ0) is 17.7. The summed E-state index contributed by atoms with van der Waals surface area (Å²) in [4.78, 5) is 24.7. The van der Waals surface area contributed by atoms with Crippen LogP contribution in [-0.2, 0) is 11.3 Å². The van der Waals surface area contributed by atoms with Gasteiger partial charge in [0.25, 0.3) is 5.91 Å². The summed E-state index contributed by atoms with van der Waals surface area (Å²) in [5.74, 6) is 0.532. The van der Waals surface area contributed by atoms with E-state index in [0.29, 0.717) is 17.9 Å². The van der Waals surface area contributed by atoms with Crippen LogP contribution >= 0.6 is 0 Å². The van der Waals surface area contributed by atoms with Gasteiger partial charge in [-0.15, -0.1) is 0 Å². The molecule has 0 unspecified atom stereocenters. The topological polar surface area (TPSA) is 79.3 Å². The lowest BCUT2D eigenvalue weighted by molar-refractivity contribution is -0.117. The number of aliphatic imine (C=N–C) groups is 1. The van der Waals surface area contributed by atoms with E-state index in [0.717, 1.165) is 29.6 Å². The zero-order valence-corrected chi connectivity index (χ0v) is 14.8. The Balaban J connectivity index is 2.17. The molecule has 2 N–H and O–H groups in total. The molecule has 1 aliphatic rings. The molecule has 1 aromatic rings. The van der Waals surface area contributed by atoms with Crippen molar-refractivity contribution in [1.82, 2.24) is 20.6 Å². The van der Waals surface area contributed by atoms with Gasteiger partial charge in [0.1, 0.15) is 12.1 Å². The van der Waals surface area contributed by atoms with E-state index in [1.807, 2.05) is 20.8 Å². The molecule has 0 saturated heterocycles. The van der Waals surface area contributed by atoms with Gasteiger partial charge >= 0.3 is 0 Å². The van der Waals surface area contributed by atoms with Crippen LogP contribution in [-0.4, -0.2) is 28.1 Å². The van der Waals surface area contributed by atoms with E-state index in [-0.39, 0.29) is 11.4 Å². The van der Waals surface area contributed by atoms with Crippen molar-refractivity contribution in [3.8, 4) is 0 Å². The minimum Gasteiger partial charge on any atom is -0.365 e. The smallest absolute Gasteiger partial charge is 0.251 e. The number of hydrogen-bond donors (Lipinski definition) is 2. The maximum atomic E-state index is 12.7. The van der Waals surface area contributed by atoms with Gasteiger partial charge in [-0.05, 0) is 47.3 Å². The van der Waals surface area contributed by atoms with Crippen LogP contribution in [0.25, 0.3) is 0 Å². The minimum atomic E-state index is -0.139. The van der Waals surface area contributed by atoms with Gasteiger partial charge in [-0.3, -0.25) is 4.79 Å². The number of aromatic nitrogens is 2. The van der Waals surface area contributed by atoms with E-state index in [1.165, 1.54) is 6.33 Å². The van der Waals surface area contributed by atoms with E-state index >= 15 is 0 Å². The molecule has 0 aromatic carbocycles. The summed E-state index contributed by atoms with van der Waals surface area (Å²) in [6, 6.07) is 0. The van der Waals surface area contributed by atoms with Crippen LogP contribution in [0.3, 0.4) is 0 Å². The average Bonchev–Trinajstić information content (AvgIpc) is 3.29. The first-order valence-electron chi connectivity index (χ1n) is 8.02. The van der Waals surface area contributed by atoms with Crippen molar-refractivity contribution in [2.75, 3.05) is 0 Å². The Morgan fingerprint density at radius 1 is 1.29 bits per heavy atom. The standard InChI is InChI=1S/C18H25N5O/c1-12(2)15(13(3)16(19-5)23-18(4)6-7-18)17(24)22-10-14-8-20-11-21-9-14/h8-9,11,23H,5-7,10H2,1-4H3,(H,22,24)/b16-13-. The Bertz CT molecular complexity index is 683. The summed E-state index contributed by atoms with van der Waals surface area (Å²) in [7, 11) is 0. The Hall–Kier alpha value is -2.50. The van der Waals surface area contributed by atoms with E-state index in [9.17, 15) is 4.79 Å². The first kappa shape index (κ1) is 17.8. The lowest BCUT2D eigenvalue weighted by atomic mass is 10.0. The number of allylic oxidation sites excluding steroid dienone is 1. The van der Waals surface area contributed by atoms with E-state index in [1.54, 1.807) is 12.4 Å². The van der Waals surface area contributed by atoms with Crippen LogP contribution in [0.15, 0.2) is 46.3 Å². The number of nitrogens with zero attached hydrogens (tertiary/aromatic N) is 3. The second-order valence-corrected chi connectivity index (χ2v) is 6.62. The van der Waals surface area contributed by atoms with Crippen molar-refractivity contribution in [3.63, 3.8) is 0 Å². The number of carbonyl (C=O) groups excluding carboxylic acids is 1. The predicted molar refractivity (Wildman–Crippen MR) is 95.3 cm³/mol. The molecule has 1 saturated carbocycles. The highest BCUT2D eigenvalue weighted by atomic mass is 16.1. The summed E-state index contributed by atoms with van der Waals surface area (Å²) in [5, 5.41) is 6.31. The Morgan fingerprint density at radius 3 is 2.42 bits per heavy atom. The Morgan fingerprint density at radius 2 is 1.92 bits per heavy atom. The first-order valence-corrected chi connectivity index (χ1v) is 8.02. The maximum Gasteiger partial charge on any atom is 0.251 e. The van der Waals surface area contributed by atoms with Crippen molar-refractivity contribution in [2.45, 2.75) is 52.6 Å². The van der Waals surface area contributed by atoms with Crippen molar-refractivity contribution >= 4 is 12.6 Å². The van der Waals surface area contributed by atoms with Crippen LogP contribution in [0.4, 0.5) is 0 Å².